The van der Waals surface area contributed by atoms with Gasteiger partial charge >= 0.3 is 0 Å². The van der Waals surface area contributed by atoms with E-state index >= 15 is 0 Å². The molecule has 0 saturated heterocycles. The zero-order valence-corrected chi connectivity index (χ0v) is 14.7. The van der Waals surface area contributed by atoms with E-state index in [1.54, 1.807) is 0 Å². The van der Waals surface area contributed by atoms with Gasteiger partial charge in [-0.25, -0.2) is 7.89 Å². The number of hydrogen-bond acceptors (Lipinski definition) is 0. The monoisotopic (exact) mass is 295 g/mol. The van der Waals surface area contributed by atoms with E-state index in [0.29, 0.717) is 14.1 Å². The van der Waals surface area contributed by atoms with Gasteiger partial charge in [0.1, 0.15) is 0 Å². The maximum Gasteiger partial charge on any atom is 0.247 e. The van der Waals surface area contributed by atoms with Gasteiger partial charge in [-0.3, -0.25) is 0 Å². The smallest absolute Gasteiger partial charge is 0.209 e. The van der Waals surface area contributed by atoms with Crippen molar-refractivity contribution in [2.75, 3.05) is 0 Å². The molecule has 0 nitrogen and oxygen atoms in total. The average molecular weight is 296 g/mol. The Bertz CT molecular complexity index is 11.6. The van der Waals surface area contributed by atoms with E-state index in [-0.39, 0.29) is 55.1 Å². The molecule has 0 aliphatic carbocycles. The second-order valence-corrected chi connectivity index (χ2v) is 11.0. The second kappa shape index (κ2) is 15.8. The molecule has 1 radical (unpaired) electrons. The summed E-state index contributed by atoms with van der Waals surface area (Å²) in [6, 6.07) is 0. The zero-order chi connectivity index (χ0) is 2.71. The Balaban J connectivity index is -0.0000000200. The van der Waals surface area contributed by atoms with Crippen LogP contribution < -0.4 is 0 Å². The summed E-state index contributed by atoms with van der Waals surface area (Å²) in [5.74, 6) is 0. The van der Waals surface area contributed by atoms with Crippen LogP contribution in [0.1, 0.15) is 0 Å². The van der Waals surface area contributed by atoms with E-state index in [0.717, 1.165) is 0 Å². The Morgan fingerprint density at radius 1 is 1.60 bits per heavy atom. The van der Waals surface area contributed by atoms with Crippen molar-refractivity contribution >= 4 is 30.8 Å². The fraction of sp³-hybridized carbons (Fsp3) is 0. The molecule has 0 aliphatic rings. The van der Waals surface area contributed by atoms with Crippen LogP contribution >= 0.6 is 7.89 Å². The maximum atomic E-state index is 2.78. The van der Waals surface area contributed by atoms with E-state index in [1.807, 2.05) is 0 Å². The third-order valence-corrected chi connectivity index (χ3v) is 0. The Morgan fingerprint density at radius 3 is 1.60 bits per heavy atom. The van der Waals surface area contributed by atoms with E-state index in [1.165, 1.54) is 8.80 Å². The van der Waals surface area contributed by atoms with E-state index in [4.69, 9.17) is 0 Å². The van der Waals surface area contributed by atoms with Gasteiger partial charge in [0.15, 0.2) is 0 Å². The van der Waals surface area contributed by atoms with Crippen LogP contribution in [0.5, 0.6) is 0 Å². The van der Waals surface area contributed by atoms with Gasteiger partial charge in [0.05, 0.1) is 0 Å². The fourth-order valence-electron chi connectivity index (χ4n) is 0. The summed E-state index contributed by atoms with van der Waals surface area (Å²) in [7, 11) is 4.25. The molecule has 0 aromatic carbocycles. The molecule has 5 heteroatoms. The van der Waals surface area contributed by atoms with Crippen LogP contribution in [0, 0.1) is 35.6 Å². The van der Waals surface area contributed by atoms with Gasteiger partial charge in [-0.15, -0.1) is 0 Å². The molecule has 0 aromatic heterocycles. The summed E-state index contributed by atoms with van der Waals surface area (Å²) in [4.78, 5) is 0. The van der Waals surface area contributed by atoms with E-state index < -0.39 is 0 Å². The number of rotatable bonds is 0. The second-order valence-electron chi connectivity index (χ2n) is 0.408. The molecule has 0 N–H and O–H groups in total. The molecule has 1 unspecified atom stereocenters. The normalized spacial score (nSPS) is 3.40. The first-order chi connectivity index (χ1) is 1.41. The summed E-state index contributed by atoms with van der Waals surface area (Å²) < 4.78 is 0. The van der Waals surface area contributed by atoms with E-state index in [9.17, 15) is 0 Å². The summed E-state index contributed by atoms with van der Waals surface area (Å²) in [6.45, 7) is 0. The number of hydrogen-bond donors (Lipinski definition) is 0. The SMILES string of the molecule is [La].[SiH3][AlH][PH2].[Zn]. The fourth-order valence-corrected chi connectivity index (χ4v) is 0. The minimum absolute atomic E-state index is 0. The van der Waals surface area contributed by atoms with Crippen molar-refractivity contribution in [1.29, 1.82) is 0 Å². The van der Waals surface area contributed by atoms with Gasteiger partial charge in [-0.1, -0.05) is 0 Å². The summed E-state index contributed by atoms with van der Waals surface area (Å²) >= 11 is 0.472. The Morgan fingerprint density at radius 2 is 1.60 bits per heavy atom. The average Bonchev–Trinajstić information content (AvgIpc) is 0.918. The van der Waals surface area contributed by atoms with Gasteiger partial charge in [-0.05, 0) is 8.80 Å². The molecule has 0 saturated carbocycles. The molecule has 0 amide bonds. The van der Waals surface area contributed by atoms with Gasteiger partial charge in [0.25, 0.3) is 0 Å². The van der Waals surface area contributed by atoms with Crippen LogP contribution in [0.15, 0.2) is 0 Å². The Kier molecular flexibility index (Phi) is 49.4. The van der Waals surface area contributed by atoms with Crippen molar-refractivity contribution in [3.63, 3.8) is 0 Å². The largest absolute Gasteiger partial charge is 0.247 e. The van der Waals surface area contributed by atoms with Crippen LogP contribution in [-0.2, 0) is 19.5 Å². The summed E-state index contributed by atoms with van der Waals surface area (Å²) in [5.41, 5.74) is 0. The minimum Gasteiger partial charge on any atom is -0.209 e. The van der Waals surface area contributed by atoms with Crippen molar-refractivity contribution in [2.45, 2.75) is 0 Å². The molecule has 0 aliphatic heterocycles. The quantitative estimate of drug-likeness (QED) is 0.377. The molecule has 0 spiro atoms. The van der Waals surface area contributed by atoms with Crippen LogP contribution in [-0.4, -0.2) is 22.9 Å². The Labute approximate surface area is 84.3 Å². The molecule has 5 heavy (non-hydrogen) atoms. The first-order valence-electron chi connectivity index (χ1n) is 1.12. The zero-order valence-electron chi connectivity index (χ0n) is 3.57. The van der Waals surface area contributed by atoms with Crippen molar-refractivity contribution < 1.29 is 55.1 Å². The molecule has 1 atom stereocenters. The van der Waals surface area contributed by atoms with Crippen LogP contribution in [0.2, 0.25) is 0 Å². The molecule has 0 aromatic rings. The van der Waals surface area contributed by atoms with Gasteiger partial charge < -0.3 is 0 Å². The maximum absolute atomic E-state index is 2.78. The predicted molar refractivity (Wildman–Crippen MR) is 26.8 cm³/mol. The van der Waals surface area contributed by atoms with Crippen molar-refractivity contribution in [3.8, 4) is 0 Å². The summed E-state index contributed by atoms with van der Waals surface area (Å²) in [5, 5.41) is 0. The first kappa shape index (κ1) is 15.7. The molecule has 0 rings (SSSR count). The van der Waals surface area contributed by atoms with E-state index in [2.05, 4.69) is 7.89 Å². The third-order valence-electron chi connectivity index (χ3n) is 0. The van der Waals surface area contributed by atoms with Gasteiger partial charge in [0, 0.05) is 55.1 Å². The Hall–Kier alpha value is 3.00. The standard InChI is InChI=1S/Al.La.H2P.H3Si.Zn.H/h;;1H2;1H3;;/q+1;;-1;;;. The van der Waals surface area contributed by atoms with Crippen molar-refractivity contribution in [1.82, 2.24) is 0 Å². The van der Waals surface area contributed by atoms with Crippen LogP contribution in [0.4, 0.5) is 0 Å². The van der Waals surface area contributed by atoms with Gasteiger partial charge in [0.2, 0.25) is 14.1 Å². The minimum atomic E-state index is 0. The molecular weight excluding hydrogens is 290 g/mol. The van der Waals surface area contributed by atoms with Crippen LogP contribution in [0.25, 0.3) is 0 Å². The first-order valence-corrected chi connectivity index (χ1v) is 10.0. The summed E-state index contributed by atoms with van der Waals surface area (Å²) in [6.07, 6.45) is 0. The van der Waals surface area contributed by atoms with Crippen molar-refractivity contribution in [2.24, 2.45) is 0 Å². The molecule has 23 valence electrons. The predicted octanol–water partition coefficient (Wildman–Crippen LogP) is -1.51. The molecular formula is H6AlLaPSiZn. The molecule has 0 bridgehead atoms. The van der Waals surface area contributed by atoms with Gasteiger partial charge in [-0.2, -0.15) is 0 Å². The topological polar surface area (TPSA) is 0 Å². The van der Waals surface area contributed by atoms with Crippen LogP contribution in [0.3, 0.4) is 0 Å². The molecule has 0 fully saturated rings. The molecule has 0 heterocycles. The van der Waals surface area contributed by atoms with Crippen molar-refractivity contribution in [3.05, 3.63) is 0 Å². The third kappa shape index (κ3) is 19.5.